The van der Waals surface area contributed by atoms with Crippen molar-refractivity contribution in [2.24, 2.45) is 5.41 Å². The Bertz CT molecular complexity index is 495. The monoisotopic (exact) mass is 309 g/mol. The molecule has 5 nitrogen and oxygen atoms in total. The molecule has 0 atom stereocenters. The van der Waals surface area contributed by atoms with Crippen molar-refractivity contribution in [3.05, 3.63) is 5.82 Å². The van der Waals surface area contributed by atoms with E-state index in [0.29, 0.717) is 43.9 Å². The Labute approximate surface area is 117 Å². The average Bonchev–Trinajstić information content (AvgIpc) is 2.88. The number of nitrogens with zero attached hydrogens (tertiary/aromatic N) is 3. The molecule has 0 spiro atoms. The van der Waals surface area contributed by atoms with E-state index >= 15 is 0 Å². The molecule has 0 amide bonds. The normalized spacial score (nSPS) is 19.1. The molecule has 9 heteroatoms. The number of piperidine rings is 1. The third-order valence-electron chi connectivity index (χ3n) is 3.79. The molecule has 1 fully saturated rings. The van der Waals surface area contributed by atoms with E-state index in [1.165, 1.54) is 0 Å². The number of aliphatic carboxylic acids is 1. The molecule has 1 N–H and O–H groups in total. The van der Waals surface area contributed by atoms with Crippen LogP contribution in [0.15, 0.2) is 0 Å². The number of carboxylic acid groups (broad SMARTS) is 1. The Hall–Kier alpha value is -1.38. The van der Waals surface area contributed by atoms with Crippen molar-refractivity contribution in [1.82, 2.24) is 9.36 Å². The van der Waals surface area contributed by atoms with Gasteiger partial charge in [-0.05, 0) is 19.3 Å². The number of hydrogen-bond acceptors (Lipinski definition) is 5. The number of halogens is 3. The molecule has 112 valence electrons. The van der Waals surface area contributed by atoms with E-state index in [0.717, 1.165) is 0 Å². The number of aromatic nitrogens is 2. The maximum atomic E-state index is 12.4. The molecule has 1 aromatic rings. The Morgan fingerprint density at radius 2 is 2.05 bits per heavy atom. The van der Waals surface area contributed by atoms with Crippen molar-refractivity contribution in [1.29, 1.82) is 0 Å². The Balaban J connectivity index is 2.08. The van der Waals surface area contributed by atoms with Crippen LogP contribution >= 0.6 is 11.5 Å². The molecule has 1 saturated heterocycles. The molecule has 0 saturated carbocycles. The van der Waals surface area contributed by atoms with Gasteiger partial charge in [-0.15, -0.1) is 0 Å². The number of hydrogen-bond donors (Lipinski definition) is 1. The highest BCUT2D eigenvalue weighted by molar-refractivity contribution is 7.09. The fourth-order valence-corrected chi connectivity index (χ4v) is 3.04. The van der Waals surface area contributed by atoms with Gasteiger partial charge in [0.1, 0.15) is 0 Å². The molecule has 0 aromatic carbocycles. The van der Waals surface area contributed by atoms with E-state index in [4.69, 9.17) is 0 Å². The van der Waals surface area contributed by atoms with Crippen LogP contribution in [0.4, 0.5) is 18.3 Å². The van der Waals surface area contributed by atoms with Crippen molar-refractivity contribution in [3.63, 3.8) is 0 Å². The molecule has 1 aliphatic rings. The fourth-order valence-electron chi connectivity index (χ4n) is 2.30. The van der Waals surface area contributed by atoms with Crippen LogP contribution in [0.25, 0.3) is 0 Å². The average molecular weight is 309 g/mol. The zero-order valence-corrected chi connectivity index (χ0v) is 11.6. The molecule has 2 heterocycles. The summed E-state index contributed by atoms with van der Waals surface area (Å²) in [5.74, 6) is -1.98. The van der Waals surface area contributed by atoms with Crippen LogP contribution in [0.5, 0.6) is 0 Å². The third kappa shape index (κ3) is 2.72. The molecule has 20 heavy (non-hydrogen) atoms. The highest BCUT2D eigenvalue weighted by atomic mass is 32.1. The second kappa shape index (κ2) is 5.19. The highest BCUT2D eigenvalue weighted by Crippen LogP contribution is 2.38. The minimum Gasteiger partial charge on any atom is -0.481 e. The van der Waals surface area contributed by atoms with E-state index in [1.54, 1.807) is 4.90 Å². The quantitative estimate of drug-likeness (QED) is 0.930. The summed E-state index contributed by atoms with van der Waals surface area (Å²) in [6.45, 7) is 2.58. The second-order valence-electron chi connectivity index (χ2n) is 4.82. The van der Waals surface area contributed by atoms with Gasteiger partial charge in [-0.3, -0.25) is 4.79 Å². The number of anilines is 1. The van der Waals surface area contributed by atoms with Gasteiger partial charge in [0, 0.05) is 24.6 Å². The van der Waals surface area contributed by atoms with Gasteiger partial charge in [0.05, 0.1) is 5.41 Å². The predicted octanol–water partition coefficient (Wildman–Crippen LogP) is 2.64. The first-order chi connectivity index (χ1) is 9.28. The van der Waals surface area contributed by atoms with Crippen LogP contribution in [-0.2, 0) is 11.0 Å². The topological polar surface area (TPSA) is 66.3 Å². The summed E-state index contributed by atoms with van der Waals surface area (Å²) in [6, 6.07) is 0. The van der Waals surface area contributed by atoms with Gasteiger partial charge in [0.25, 0.3) is 0 Å². The molecule has 0 bridgehead atoms. The highest BCUT2D eigenvalue weighted by Gasteiger charge is 2.41. The van der Waals surface area contributed by atoms with Gasteiger partial charge < -0.3 is 10.0 Å². The molecule has 1 aromatic heterocycles. The van der Waals surface area contributed by atoms with Gasteiger partial charge >= 0.3 is 12.1 Å². The first kappa shape index (κ1) is 15.0. The van der Waals surface area contributed by atoms with Crippen molar-refractivity contribution < 1.29 is 23.1 Å². The first-order valence-electron chi connectivity index (χ1n) is 6.18. The standard InChI is InChI=1S/C11H14F3N3O2S/c1-2-10(8(18)19)3-5-17(6-4-10)9-15-7(16-20-9)11(12,13)14/h2-6H2,1H3,(H,18,19). The molecule has 0 unspecified atom stereocenters. The van der Waals surface area contributed by atoms with Gasteiger partial charge in [-0.2, -0.15) is 22.5 Å². The molecule has 0 radical (unpaired) electrons. The lowest BCUT2D eigenvalue weighted by atomic mass is 9.76. The first-order valence-corrected chi connectivity index (χ1v) is 6.95. The van der Waals surface area contributed by atoms with E-state index in [-0.39, 0.29) is 5.13 Å². The number of alkyl halides is 3. The van der Waals surface area contributed by atoms with Crippen LogP contribution in [0, 0.1) is 5.41 Å². The van der Waals surface area contributed by atoms with E-state index in [2.05, 4.69) is 9.36 Å². The van der Waals surface area contributed by atoms with E-state index < -0.39 is 23.4 Å². The van der Waals surface area contributed by atoms with Gasteiger partial charge in [-0.25, -0.2) is 0 Å². The minimum atomic E-state index is -4.54. The summed E-state index contributed by atoms with van der Waals surface area (Å²) in [5, 5.41) is 9.47. The van der Waals surface area contributed by atoms with Crippen LogP contribution in [0.2, 0.25) is 0 Å². The zero-order chi connectivity index (χ0) is 15.0. The molecule has 1 aliphatic heterocycles. The SMILES string of the molecule is CCC1(C(=O)O)CCN(c2nc(C(F)(F)F)ns2)CC1. The van der Waals surface area contributed by atoms with E-state index in [1.807, 2.05) is 6.92 Å². The number of rotatable bonds is 3. The second-order valence-corrected chi connectivity index (χ2v) is 5.55. The van der Waals surface area contributed by atoms with Crippen LogP contribution in [0.3, 0.4) is 0 Å². The van der Waals surface area contributed by atoms with Gasteiger partial charge in [-0.1, -0.05) is 6.92 Å². The summed E-state index contributed by atoms with van der Waals surface area (Å²) in [4.78, 5) is 16.4. The van der Waals surface area contributed by atoms with Crippen molar-refractivity contribution >= 4 is 22.6 Å². The summed E-state index contributed by atoms with van der Waals surface area (Å²) in [7, 11) is 0. The lowest BCUT2D eigenvalue weighted by molar-refractivity contribution is -0.150. The van der Waals surface area contributed by atoms with Crippen LogP contribution < -0.4 is 4.90 Å². The van der Waals surface area contributed by atoms with Crippen LogP contribution in [0.1, 0.15) is 32.0 Å². The van der Waals surface area contributed by atoms with Crippen molar-refractivity contribution in [2.75, 3.05) is 18.0 Å². The lowest BCUT2D eigenvalue weighted by Gasteiger charge is -2.38. The summed E-state index contributed by atoms with van der Waals surface area (Å²) in [6.07, 6.45) is -3.22. The largest absolute Gasteiger partial charge is 0.481 e. The summed E-state index contributed by atoms with van der Waals surface area (Å²) < 4.78 is 40.6. The predicted molar refractivity (Wildman–Crippen MR) is 66.7 cm³/mol. The molecule has 2 rings (SSSR count). The number of carboxylic acids is 1. The summed E-state index contributed by atoms with van der Waals surface area (Å²) >= 11 is 0.696. The smallest absolute Gasteiger partial charge is 0.452 e. The van der Waals surface area contributed by atoms with Gasteiger partial charge in [0.2, 0.25) is 11.0 Å². The molecule has 0 aliphatic carbocycles. The Kier molecular flexibility index (Phi) is 3.90. The van der Waals surface area contributed by atoms with Crippen molar-refractivity contribution in [3.8, 4) is 0 Å². The number of carbonyl (C=O) groups is 1. The Morgan fingerprint density at radius 1 is 1.45 bits per heavy atom. The maximum Gasteiger partial charge on any atom is 0.452 e. The van der Waals surface area contributed by atoms with Crippen molar-refractivity contribution in [2.45, 2.75) is 32.4 Å². The summed E-state index contributed by atoms with van der Waals surface area (Å²) in [5.41, 5.74) is -0.770. The van der Waals surface area contributed by atoms with Gasteiger partial charge in [0.15, 0.2) is 0 Å². The van der Waals surface area contributed by atoms with E-state index in [9.17, 15) is 23.1 Å². The molecular formula is C11H14F3N3O2S. The third-order valence-corrected chi connectivity index (χ3v) is 4.57. The lowest BCUT2D eigenvalue weighted by Crippen LogP contribution is -2.44. The zero-order valence-electron chi connectivity index (χ0n) is 10.8. The fraction of sp³-hybridized carbons (Fsp3) is 0.727. The van der Waals surface area contributed by atoms with Crippen LogP contribution in [-0.4, -0.2) is 33.5 Å². The molecular weight excluding hydrogens is 295 g/mol. The minimum absolute atomic E-state index is 0.201. The Morgan fingerprint density at radius 3 is 2.45 bits per heavy atom. The maximum absolute atomic E-state index is 12.4.